The van der Waals surface area contributed by atoms with Crippen molar-refractivity contribution in [3.05, 3.63) is 60.8 Å². The highest BCUT2D eigenvalue weighted by molar-refractivity contribution is 7.47. The maximum atomic E-state index is 13.0. The van der Waals surface area contributed by atoms with Gasteiger partial charge in [-0.2, -0.15) is 0 Å². The standard InChI is InChI=1S/C66H119O11P/c1-4-7-10-13-16-19-22-25-27-29-31-33-35-38-40-43-46-49-52-55-64(68)73-59-63(77-66(70)57-54-51-48-45-42-39-36-34-32-30-28-26-23-20-17-14-11-8-5-2)61-75-78(71,72)74-60-62(58-67)76-65(69)56-53-50-47-44-41-37-24-21-18-15-12-9-6-3/h12,15,17,20-21,24-28,62-63,67H,4-11,13-14,16,18-19,22-23,29-61H2,1-3H3,(H,71,72)/b15-12-,20-17-,24-21-,27-25-,28-26-. The van der Waals surface area contributed by atoms with E-state index in [1.54, 1.807) is 0 Å². The maximum Gasteiger partial charge on any atom is 0.472 e. The fourth-order valence-electron chi connectivity index (χ4n) is 8.95. The van der Waals surface area contributed by atoms with Crippen molar-refractivity contribution in [2.24, 2.45) is 0 Å². The highest BCUT2D eigenvalue weighted by Gasteiger charge is 2.28. The summed E-state index contributed by atoms with van der Waals surface area (Å²) in [6.45, 7) is 4.57. The predicted octanol–water partition coefficient (Wildman–Crippen LogP) is 19.5. The fourth-order valence-corrected chi connectivity index (χ4v) is 9.73. The molecular weight excluding hydrogens is 1000 g/mol. The summed E-state index contributed by atoms with van der Waals surface area (Å²) in [5, 5.41) is 9.83. The van der Waals surface area contributed by atoms with Gasteiger partial charge in [0, 0.05) is 19.3 Å². The molecule has 0 spiro atoms. The fraction of sp³-hybridized carbons (Fsp3) is 0.803. The van der Waals surface area contributed by atoms with Crippen molar-refractivity contribution in [2.45, 2.75) is 315 Å². The van der Waals surface area contributed by atoms with Gasteiger partial charge in [0.05, 0.1) is 19.8 Å². The minimum atomic E-state index is -4.76. The van der Waals surface area contributed by atoms with Crippen LogP contribution in [0, 0.1) is 0 Å². The molecule has 0 saturated heterocycles. The van der Waals surface area contributed by atoms with E-state index < -0.39 is 57.8 Å². The van der Waals surface area contributed by atoms with Gasteiger partial charge in [-0.05, 0) is 103 Å². The largest absolute Gasteiger partial charge is 0.472 e. The molecule has 0 rings (SSSR count). The molecule has 0 heterocycles. The van der Waals surface area contributed by atoms with Crippen LogP contribution in [0.5, 0.6) is 0 Å². The lowest BCUT2D eigenvalue weighted by Gasteiger charge is -2.21. The van der Waals surface area contributed by atoms with Gasteiger partial charge in [0.15, 0.2) is 6.10 Å². The number of hydrogen-bond acceptors (Lipinski definition) is 10. The first kappa shape index (κ1) is 75.2. The number of carbonyl (C=O) groups is 3. The molecule has 0 fully saturated rings. The van der Waals surface area contributed by atoms with Gasteiger partial charge < -0.3 is 24.2 Å². The van der Waals surface area contributed by atoms with E-state index in [0.29, 0.717) is 19.3 Å². The average Bonchev–Trinajstić information content (AvgIpc) is 3.43. The van der Waals surface area contributed by atoms with Crippen LogP contribution < -0.4 is 0 Å². The summed E-state index contributed by atoms with van der Waals surface area (Å²) in [7, 11) is -4.76. The Hall–Kier alpha value is -2.82. The van der Waals surface area contributed by atoms with Crippen LogP contribution in [-0.2, 0) is 42.2 Å². The molecule has 78 heavy (non-hydrogen) atoms. The summed E-state index contributed by atoms with van der Waals surface area (Å²) in [6, 6.07) is 0. The Bertz CT molecular complexity index is 1540. The quantitative estimate of drug-likeness (QED) is 0.0197. The molecule has 0 aromatic heterocycles. The predicted molar refractivity (Wildman–Crippen MR) is 325 cm³/mol. The van der Waals surface area contributed by atoms with Crippen LogP contribution in [0.4, 0.5) is 0 Å². The minimum Gasteiger partial charge on any atom is -0.462 e. The minimum absolute atomic E-state index is 0.161. The topological polar surface area (TPSA) is 155 Å². The molecule has 0 bridgehead atoms. The number of esters is 3. The molecule has 0 amide bonds. The van der Waals surface area contributed by atoms with Crippen molar-refractivity contribution in [1.82, 2.24) is 0 Å². The maximum absolute atomic E-state index is 13.0. The molecule has 3 unspecified atom stereocenters. The molecule has 0 aliphatic heterocycles. The lowest BCUT2D eigenvalue weighted by molar-refractivity contribution is -0.161. The summed E-state index contributed by atoms with van der Waals surface area (Å²) in [6.07, 6.45) is 67.4. The zero-order valence-corrected chi connectivity index (χ0v) is 51.3. The molecule has 0 aromatic rings. The van der Waals surface area contributed by atoms with Gasteiger partial charge in [-0.25, -0.2) is 4.57 Å². The Morgan fingerprint density at radius 1 is 0.359 bits per heavy atom. The molecule has 0 saturated carbocycles. The molecule has 0 radical (unpaired) electrons. The number of unbranched alkanes of at least 4 members (excludes halogenated alkanes) is 33. The monoisotopic (exact) mass is 1120 g/mol. The van der Waals surface area contributed by atoms with E-state index in [1.165, 1.54) is 148 Å². The van der Waals surface area contributed by atoms with Crippen molar-refractivity contribution in [3.63, 3.8) is 0 Å². The summed E-state index contributed by atoms with van der Waals surface area (Å²) < 4.78 is 39.7. The van der Waals surface area contributed by atoms with Crippen LogP contribution in [-0.4, -0.2) is 66.5 Å². The number of aliphatic hydroxyl groups is 1. The van der Waals surface area contributed by atoms with Crippen molar-refractivity contribution in [3.8, 4) is 0 Å². The number of phosphoric acid groups is 1. The van der Waals surface area contributed by atoms with Crippen molar-refractivity contribution in [1.29, 1.82) is 0 Å². The smallest absolute Gasteiger partial charge is 0.462 e. The Balaban J connectivity index is 4.70. The van der Waals surface area contributed by atoms with Gasteiger partial charge in [-0.15, -0.1) is 0 Å². The first-order chi connectivity index (χ1) is 38.2. The van der Waals surface area contributed by atoms with Crippen molar-refractivity contribution >= 4 is 25.7 Å². The molecule has 3 atom stereocenters. The number of aliphatic hydroxyl groups excluding tert-OH is 1. The molecule has 0 aliphatic rings. The van der Waals surface area contributed by atoms with Gasteiger partial charge in [-0.1, -0.05) is 242 Å². The summed E-state index contributed by atoms with van der Waals surface area (Å²) >= 11 is 0. The molecule has 0 aliphatic carbocycles. The van der Waals surface area contributed by atoms with Crippen LogP contribution in [0.1, 0.15) is 303 Å². The van der Waals surface area contributed by atoms with E-state index >= 15 is 0 Å². The Labute approximate surface area is 478 Å². The second kappa shape index (κ2) is 60.3. The highest BCUT2D eigenvalue weighted by atomic mass is 31.2. The third kappa shape index (κ3) is 57.9. The Morgan fingerprint density at radius 3 is 1.04 bits per heavy atom. The van der Waals surface area contributed by atoms with E-state index in [2.05, 4.69) is 81.5 Å². The van der Waals surface area contributed by atoms with Crippen LogP contribution >= 0.6 is 7.82 Å². The normalized spacial score (nSPS) is 13.7. The van der Waals surface area contributed by atoms with E-state index in [-0.39, 0.29) is 25.9 Å². The number of allylic oxidation sites excluding steroid dienone is 10. The summed E-state index contributed by atoms with van der Waals surface area (Å²) in [4.78, 5) is 48.7. The molecule has 0 aromatic carbocycles. The average molecular weight is 1120 g/mol. The number of hydrogen-bond donors (Lipinski definition) is 2. The molecule has 454 valence electrons. The van der Waals surface area contributed by atoms with Crippen molar-refractivity contribution in [2.75, 3.05) is 26.4 Å². The van der Waals surface area contributed by atoms with Crippen LogP contribution in [0.15, 0.2) is 60.8 Å². The van der Waals surface area contributed by atoms with E-state index in [9.17, 15) is 28.9 Å². The Morgan fingerprint density at radius 2 is 0.654 bits per heavy atom. The third-order valence-corrected chi connectivity index (χ3v) is 14.8. The lowest BCUT2D eigenvalue weighted by atomic mass is 10.1. The third-order valence-electron chi connectivity index (χ3n) is 13.9. The van der Waals surface area contributed by atoms with Crippen molar-refractivity contribution < 1.29 is 52.2 Å². The number of carbonyl (C=O) groups excluding carboxylic acids is 3. The number of phosphoric ester groups is 1. The zero-order chi connectivity index (χ0) is 56.9. The Kier molecular flexibility index (Phi) is 58.1. The molecule has 2 N–H and O–H groups in total. The van der Waals surface area contributed by atoms with Crippen LogP contribution in [0.25, 0.3) is 0 Å². The number of ether oxygens (including phenoxy) is 3. The van der Waals surface area contributed by atoms with Gasteiger partial charge in [0.1, 0.15) is 12.7 Å². The second-order valence-corrected chi connectivity index (χ2v) is 23.0. The summed E-state index contributed by atoms with van der Waals surface area (Å²) in [5.41, 5.74) is 0. The van der Waals surface area contributed by atoms with E-state index in [1.807, 2.05) is 0 Å². The number of rotatable bonds is 60. The first-order valence-corrected chi connectivity index (χ1v) is 33.7. The van der Waals surface area contributed by atoms with Crippen LogP contribution in [0.2, 0.25) is 0 Å². The first-order valence-electron chi connectivity index (χ1n) is 32.2. The zero-order valence-electron chi connectivity index (χ0n) is 50.4. The highest BCUT2D eigenvalue weighted by Crippen LogP contribution is 2.43. The second-order valence-electron chi connectivity index (χ2n) is 21.6. The van der Waals surface area contributed by atoms with E-state index in [4.69, 9.17) is 23.3 Å². The van der Waals surface area contributed by atoms with Crippen LogP contribution in [0.3, 0.4) is 0 Å². The van der Waals surface area contributed by atoms with Gasteiger partial charge >= 0.3 is 25.7 Å². The molecule has 12 heteroatoms. The molecular formula is C66H119O11P. The SMILES string of the molecule is CCC/C=C\C/C=C\CCCCCCCC(=O)OC(CO)COP(=O)(O)OCC(COC(=O)CCCCCCCCCCC/C=C\CCCCCCCC)OC(=O)CCCCCCCCCCC/C=C\C/C=C\CCCCC. The summed E-state index contributed by atoms with van der Waals surface area (Å²) in [5.74, 6) is -1.47. The molecule has 11 nitrogen and oxygen atoms in total. The van der Waals surface area contributed by atoms with E-state index in [0.717, 1.165) is 96.3 Å². The van der Waals surface area contributed by atoms with Gasteiger partial charge in [-0.3, -0.25) is 23.4 Å². The lowest BCUT2D eigenvalue weighted by Crippen LogP contribution is -2.30. The van der Waals surface area contributed by atoms with Gasteiger partial charge in [0.2, 0.25) is 0 Å². The van der Waals surface area contributed by atoms with Gasteiger partial charge in [0.25, 0.3) is 0 Å².